The highest BCUT2D eigenvalue weighted by Crippen LogP contribution is 2.21. The van der Waals surface area contributed by atoms with E-state index in [1.807, 2.05) is 32.2 Å². The number of hydrogen-bond acceptors (Lipinski definition) is 3. The molecule has 0 spiro atoms. The molecule has 0 aliphatic heterocycles. The molecule has 120 valence electrons. The van der Waals surface area contributed by atoms with Crippen molar-refractivity contribution in [1.82, 2.24) is 20.4 Å². The second kappa shape index (κ2) is 8.78. The zero-order valence-electron chi connectivity index (χ0n) is 12.6. The maximum atomic E-state index is 12.1. The van der Waals surface area contributed by atoms with Crippen molar-refractivity contribution in [2.24, 2.45) is 0 Å². The van der Waals surface area contributed by atoms with Crippen LogP contribution in [0.5, 0.6) is 0 Å². The SMILES string of the molecule is CNCCCNC(=O)c1cnn(-c2ccccc2Cl)c1C.Cl. The van der Waals surface area contributed by atoms with Crippen molar-refractivity contribution in [3.05, 3.63) is 46.7 Å². The van der Waals surface area contributed by atoms with Crippen molar-refractivity contribution in [3.63, 3.8) is 0 Å². The minimum absolute atomic E-state index is 0. The van der Waals surface area contributed by atoms with Crippen LogP contribution in [0.4, 0.5) is 0 Å². The monoisotopic (exact) mass is 342 g/mol. The van der Waals surface area contributed by atoms with Crippen LogP contribution in [0.15, 0.2) is 30.5 Å². The van der Waals surface area contributed by atoms with Crippen molar-refractivity contribution in [2.75, 3.05) is 20.1 Å². The molecule has 1 aromatic carbocycles. The molecule has 2 N–H and O–H groups in total. The number of amides is 1. The van der Waals surface area contributed by atoms with Gasteiger partial charge in [-0.2, -0.15) is 5.10 Å². The Bertz CT molecular complexity index is 628. The Hall–Kier alpha value is -1.56. The molecule has 2 aromatic rings. The van der Waals surface area contributed by atoms with Gasteiger partial charge < -0.3 is 10.6 Å². The molecular weight excluding hydrogens is 323 g/mol. The number of benzene rings is 1. The third-order valence-electron chi connectivity index (χ3n) is 3.22. The third kappa shape index (κ3) is 4.22. The van der Waals surface area contributed by atoms with Crippen LogP contribution in [0, 0.1) is 6.92 Å². The van der Waals surface area contributed by atoms with Gasteiger partial charge >= 0.3 is 0 Å². The van der Waals surface area contributed by atoms with Gasteiger partial charge in [0.2, 0.25) is 0 Å². The van der Waals surface area contributed by atoms with Gasteiger partial charge in [-0.25, -0.2) is 4.68 Å². The number of halogens is 2. The van der Waals surface area contributed by atoms with E-state index in [0.29, 0.717) is 17.1 Å². The van der Waals surface area contributed by atoms with Crippen molar-refractivity contribution in [3.8, 4) is 5.69 Å². The minimum atomic E-state index is -0.109. The molecule has 0 saturated heterocycles. The Labute approximate surface area is 141 Å². The van der Waals surface area contributed by atoms with Crippen LogP contribution in [0.3, 0.4) is 0 Å². The fourth-order valence-electron chi connectivity index (χ4n) is 2.06. The summed E-state index contributed by atoms with van der Waals surface area (Å²) in [6.07, 6.45) is 2.46. The summed E-state index contributed by atoms with van der Waals surface area (Å²) >= 11 is 6.17. The first kappa shape index (κ1) is 18.5. The Kier molecular flexibility index (Phi) is 7.38. The smallest absolute Gasteiger partial charge is 0.254 e. The summed E-state index contributed by atoms with van der Waals surface area (Å²) in [5.74, 6) is -0.109. The lowest BCUT2D eigenvalue weighted by Gasteiger charge is -2.08. The van der Waals surface area contributed by atoms with E-state index < -0.39 is 0 Å². The van der Waals surface area contributed by atoms with Crippen LogP contribution in [-0.2, 0) is 0 Å². The lowest BCUT2D eigenvalue weighted by Crippen LogP contribution is -2.26. The Morgan fingerprint density at radius 3 is 2.73 bits per heavy atom. The summed E-state index contributed by atoms with van der Waals surface area (Å²) in [5, 5.41) is 10.8. The first-order valence-corrected chi connectivity index (χ1v) is 7.25. The van der Waals surface area contributed by atoms with Crippen LogP contribution in [-0.4, -0.2) is 35.8 Å². The molecule has 0 unspecified atom stereocenters. The highest BCUT2D eigenvalue weighted by Gasteiger charge is 2.15. The van der Waals surface area contributed by atoms with E-state index in [-0.39, 0.29) is 18.3 Å². The molecule has 2 rings (SSSR count). The maximum absolute atomic E-state index is 12.1. The van der Waals surface area contributed by atoms with E-state index in [4.69, 9.17) is 11.6 Å². The number of nitrogens with zero attached hydrogens (tertiary/aromatic N) is 2. The first-order chi connectivity index (χ1) is 10.1. The number of carbonyl (C=O) groups excluding carboxylic acids is 1. The van der Waals surface area contributed by atoms with E-state index in [1.54, 1.807) is 16.9 Å². The Morgan fingerprint density at radius 1 is 1.32 bits per heavy atom. The highest BCUT2D eigenvalue weighted by atomic mass is 35.5. The average molecular weight is 343 g/mol. The molecule has 7 heteroatoms. The Morgan fingerprint density at radius 2 is 2.05 bits per heavy atom. The normalized spacial score (nSPS) is 10.1. The van der Waals surface area contributed by atoms with E-state index in [9.17, 15) is 4.79 Å². The lowest BCUT2D eigenvalue weighted by molar-refractivity contribution is 0.0952. The van der Waals surface area contributed by atoms with Gasteiger partial charge in [-0.1, -0.05) is 23.7 Å². The fraction of sp³-hybridized carbons (Fsp3) is 0.333. The van der Waals surface area contributed by atoms with Crippen molar-refractivity contribution >= 4 is 29.9 Å². The predicted octanol–water partition coefficient (Wildman–Crippen LogP) is 2.60. The maximum Gasteiger partial charge on any atom is 0.254 e. The van der Waals surface area contributed by atoms with Crippen LogP contribution < -0.4 is 10.6 Å². The number of aromatic nitrogens is 2. The summed E-state index contributed by atoms with van der Waals surface area (Å²) in [5.41, 5.74) is 2.11. The zero-order valence-corrected chi connectivity index (χ0v) is 14.2. The molecule has 0 radical (unpaired) electrons. The predicted molar refractivity (Wildman–Crippen MR) is 91.4 cm³/mol. The molecule has 0 aliphatic carbocycles. The summed E-state index contributed by atoms with van der Waals surface area (Å²) in [4.78, 5) is 12.1. The quantitative estimate of drug-likeness (QED) is 0.793. The summed E-state index contributed by atoms with van der Waals surface area (Å²) in [6.45, 7) is 3.37. The van der Waals surface area contributed by atoms with E-state index in [0.717, 1.165) is 24.3 Å². The highest BCUT2D eigenvalue weighted by molar-refractivity contribution is 6.32. The van der Waals surface area contributed by atoms with E-state index >= 15 is 0 Å². The molecule has 1 aromatic heterocycles. The van der Waals surface area contributed by atoms with Gasteiger partial charge in [-0.15, -0.1) is 12.4 Å². The molecule has 0 aliphatic rings. The second-order valence-electron chi connectivity index (χ2n) is 4.72. The number of para-hydroxylation sites is 1. The zero-order chi connectivity index (χ0) is 15.2. The number of hydrogen-bond donors (Lipinski definition) is 2. The molecule has 0 saturated carbocycles. The molecule has 0 bridgehead atoms. The van der Waals surface area contributed by atoms with Crippen LogP contribution >= 0.6 is 24.0 Å². The fourth-order valence-corrected chi connectivity index (χ4v) is 2.28. The molecule has 0 atom stereocenters. The van der Waals surface area contributed by atoms with Gasteiger partial charge in [0.05, 0.1) is 28.2 Å². The average Bonchev–Trinajstić information content (AvgIpc) is 2.86. The van der Waals surface area contributed by atoms with Crippen molar-refractivity contribution in [2.45, 2.75) is 13.3 Å². The molecule has 0 fully saturated rings. The molecule has 1 amide bonds. The molecule has 1 heterocycles. The van der Waals surface area contributed by atoms with Crippen molar-refractivity contribution < 1.29 is 4.79 Å². The standard InChI is InChI=1S/C15H19ClN4O.ClH/c1-11-12(15(21)18-9-5-8-17-2)10-19-20(11)14-7-4-3-6-13(14)16;/h3-4,6-7,10,17H,5,8-9H2,1-2H3,(H,18,21);1H. The van der Waals surface area contributed by atoms with Gasteiger partial charge in [0.25, 0.3) is 5.91 Å². The topological polar surface area (TPSA) is 58.9 Å². The van der Waals surface area contributed by atoms with Gasteiger partial charge in [0, 0.05) is 6.54 Å². The number of carbonyl (C=O) groups is 1. The summed E-state index contributed by atoms with van der Waals surface area (Å²) in [6, 6.07) is 7.42. The molecular formula is C15H20Cl2N4O. The van der Waals surface area contributed by atoms with Gasteiger partial charge in [-0.3, -0.25) is 4.79 Å². The third-order valence-corrected chi connectivity index (χ3v) is 3.54. The second-order valence-corrected chi connectivity index (χ2v) is 5.13. The number of nitrogens with one attached hydrogen (secondary N) is 2. The first-order valence-electron chi connectivity index (χ1n) is 6.87. The number of rotatable bonds is 6. The molecule has 5 nitrogen and oxygen atoms in total. The van der Waals surface area contributed by atoms with E-state index in [2.05, 4.69) is 15.7 Å². The minimum Gasteiger partial charge on any atom is -0.352 e. The Balaban J connectivity index is 0.00000242. The lowest BCUT2D eigenvalue weighted by atomic mass is 10.2. The van der Waals surface area contributed by atoms with Crippen LogP contribution in [0.25, 0.3) is 5.69 Å². The summed E-state index contributed by atoms with van der Waals surface area (Å²) < 4.78 is 1.69. The molecule has 22 heavy (non-hydrogen) atoms. The van der Waals surface area contributed by atoms with Gasteiger partial charge in [-0.05, 0) is 39.1 Å². The van der Waals surface area contributed by atoms with Crippen LogP contribution in [0.1, 0.15) is 22.5 Å². The summed E-state index contributed by atoms with van der Waals surface area (Å²) in [7, 11) is 1.89. The largest absolute Gasteiger partial charge is 0.352 e. The van der Waals surface area contributed by atoms with Gasteiger partial charge in [0.1, 0.15) is 0 Å². The van der Waals surface area contributed by atoms with E-state index in [1.165, 1.54) is 0 Å². The van der Waals surface area contributed by atoms with Crippen molar-refractivity contribution in [1.29, 1.82) is 0 Å². The van der Waals surface area contributed by atoms with Crippen LogP contribution in [0.2, 0.25) is 5.02 Å². The van der Waals surface area contributed by atoms with Gasteiger partial charge in [0.15, 0.2) is 0 Å².